The summed E-state index contributed by atoms with van der Waals surface area (Å²) in [6, 6.07) is 8.33. The molecule has 0 radical (unpaired) electrons. The van der Waals surface area contributed by atoms with Gasteiger partial charge in [-0.2, -0.15) is 5.26 Å². The van der Waals surface area contributed by atoms with Crippen LogP contribution in [0.25, 0.3) is 0 Å². The van der Waals surface area contributed by atoms with Crippen LogP contribution in [0, 0.1) is 11.3 Å². The smallest absolute Gasteiger partial charge is 0.257 e. The number of hydrogen-bond acceptors (Lipinski definition) is 4. The lowest BCUT2D eigenvalue weighted by molar-refractivity contribution is 0.102. The molecule has 0 aromatic carbocycles. The van der Waals surface area contributed by atoms with Crippen LogP contribution in [0.4, 0.5) is 5.69 Å². The minimum atomic E-state index is -0.270. The first-order valence-corrected chi connectivity index (χ1v) is 4.87. The van der Waals surface area contributed by atoms with E-state index in [9.17, 15) is 4.79 Å². The lowest BCUT2D eigenvalue weighted by Crippen LogP contribution is -2.12. The molecule has 0 unspecified atom stereocenters. The fraction of sp³-hybridized carbons (Fsp3) is 0. The van der Waals surface area contributed by atoms with Gasteiger partial charge in [0.15, 0.2) is 0 Å². The molecule has 0 bridgehead atoms. The van der Waals surface area contributed by atoms with Crippen LogP contribution in [0.2, 0.25) is 0 Å². The molecule has 2 rings (SSSR count). The number of anilines is 1. The predicted octanol–water partition coefficient (Wildman–Crippen LogP) is 1.60. The number of nitriles is 1. The summed E-state index contributed by atoms with van der Waals surface area (Å²) >= 11 is 0. The van der Waals surface area contributed by atoms with Gasteiger partial charge in [-0.1, -0.05) is 0 Å². The average Bonchev–Trinajstić information content (AvgIpc) is 2.40. The Morgan fingerprint density at radius 1 is 1.24 bits per heavy atom. The predicted molar refractivity (Wildman–Crippen MR) is 61.1 cm³/mol. The van der Waals surface area contributed by atoms with E-state index >= 15 is 0 Å². The number of nitrogens with one attached hydrogen (secondary N) is 1. The number of amides is 1. The second-order valence-corrected chi connectivity index (χ2v) is 3.23. The van der Waals surface area contributed by atoms with Crippen molar-refractivity contribution in [3.63, 3.8) is 0 Å². The van der Waals surface area contributed by atoms with Crippen molar-refractivity contribution in [1.29, 1.82) is 5.26 Å². The number of carbonyl (C=O) groups excluding carboxylic acids is 1. The van der Waals surface area contributed by atoms with Gasteiger partial charge in [-0.15, -0.1) is 0 Å². The molecular weight excluding hydrogens is 216 g/mol. The molecule has 0 aliphatic rings. The molecule has 0 saturated carbocycles. The van der Waals surface area contributed by atoms with Crippen molar-refractivity contribution >= 4 is 11.6 Å². The average molecular weight is 224 g/mol. The Hall–Kier alpha value is -2.74. The van der Waals surface area contributed by atoms with E-state index in [-0.39, 0.29) is 11.6 Å². The molecule has 17 heavy (non-hydrogen) atoms. The maximum atomic E-state index is 11.8. The van der Waals surface area contributed by atoms with Gasteiger partial charge < -0.3 is 5.32 Å². The Morgan fingerprint density at radius 3 is 2.59 bits per heavy atom. The molecule has 5 heteroatoms. The molecule has 1 N–H and O–H groups in total. The molecule has 0 aliphatic heterocycles. The zero-order chi connectivity index (χ0) is 12.1. The number of carbonyl (C=O) groups is 1. The van der Waals surface area contributed by atoms with Gasteiger partial charge in [0.2, 0.25) is 0 Å². The summed E-state index contributed by atoms with van der Waals surface area (Å²) < 4.78 is 0. The number of hydrogen-bond donors (Lipinski definition) is 1. The van der Waals surface area contributed by atoms with Crippen LogP contribution in [0.1, 0.15) is 16.1 Å². The fourth-order valence-electron chi connectivity index (χ4n) is 1.23. The van der Waals surface area contributed by atoms with E-state index in [2.05, 4.69) is 15.3 Å². The van der Waals surface area contributed by atoms with Crippen molar-refractivity contribution in [1.82, 2.24) is 9.97 Å². The van der Waals surface area contributed by atoms with Crippen molar-refractivity contribution in [2.75, 3.05) is 5.32 Å². The number of nitrogens with zero attached hydrogens (tertiary/aromatic N) is 3. The van der Waals surface area contributed by atoms with E-state index in [1.807, 2.05) is 6.07 Å². The van der Waals surface area contributed by atoms with Crippen molar-refractivity contribution in [3.05, 3.63) is 54.1 Å². The second-order valence-electron chi connectivity index (χ2n) is 3.23. The maximum Gasteiger partial charge on any atom is 0.257 e. The van der Waals surface area contributed by atoms with Gasteiger partial charge in [0.05, 0.1) is 5.56 Å². The van der Waals surface area contributed by atoms with E-state index in [1.165, 1.54) is 12.3 Å². The van der Waals surface area contributed by atoms with Crippen molar-refractivity contribution in [3.8, 4) is 6.07 Å². The third-order valence-corrected chi connectivity index (χ3v) is 2.08. The third kappa shape index (κ3) is 2.63. The molecular formula is C12H8N4O. The molecule has 0 saturated heterocycles. The summed E-state index contributed by atoms with van der Waals surface area (Å²) in [5.74, 6) is -0.270. The normalized spacial score (nSPS) is 9.35. The highest BCUT2D eigenvalue weighted by Gasteiger charge is 2.06. The van der Waals surface area contributed by atoms with Gasteiger partial charge in [-0.05, 0) is 24.3 Å². The maximum absolute atomic E-state index is 11.8. The van der Waals surface area contributed by atoms with Crippen LogP contribution in [0.3, 0.4) is 0 Å². The van der Waals surface area contributed by atoms with Crippen molar-refractivity contribution in [2.24, 2.45) is 0 Å². The Labute approximate surface area is 97.8 Å². The van der Waals surface area contributed by atoms with Gasteiger partial charge in [0.1, 0.15) is 11.8 Å². The van der Waals surface area contributed by atoms with Crippen LogP contribution in [0.15, 0.2) is 42.9 Å². The summed E-state index contributed by atoms with van der Waals surface area (Å²) in [5, 5.41) is 11.3. The van der Waals surface area contributed by atoms with Gasteiger partial charge in [-0.3, -0.25) is 9.78 Å². The molecule has 2 aromatic rings. The lowest BCUT2D eigenvalue weighted by Gasteiger charge is -2.03. The van der Waals surface area contributed by atoms with Crippen LogP contribution in [0.5, 0.6) is 0 Å². The standard InChI is InChI=1S/C12H8N4O/c13-7-11-2-1-9(8-15-11)12(17)16-10-3-5-14-6-4-10/h1-6,8H,(H,14,16,17). The van der Waals surface area contributed by atoms with Gasteiger partial charge in [-0.25, -0.2) is 4.98 Å². The molecule has 0 fully saturated rings. The molecule has 5 nitrogen and oxygen atoms in total. The second kappa shape index (κ2) is 4.86. The highest BCUT2D eigenvalue weighted by molar-refractivity contribution is 6.03. The van der Waals surface area contributed by atoms with Gasteiger partial charge >= 0.3 is 0 Å². The van der Waals surface area contributed by atoms with E-state index in [4.69, 9.17) is 5.26 Å². The minimum absolute atomic E-state index is 0.270. The number of pyridine rings is 2. The molecule has 1 amide bonds. The zero-order valence-electron chi connectivity index (χ0n) is 8.79. The van der Waals surface area contributed by atoms with E-state index in [1.54, 1.807) is 30.6 Å². The summed E-state index contributed by atoms with van der Waals surface area (Å²) in [7, 11) is 0. The van der Waals surface area contributed by atoms with E-state index < -0.39 is 0 Å². The summed E-state index contributed by atoms with van der Waals surface area (Å²) in [4.78, 5) is 19.4. The van der Waals surface area contributed by atoms with E-state index in [0.717, 1.165) is 0 Å². The Kier molecular flexibility index (Phi) is 3.08. The van der Waals surface area contributed by atoms with Crippen LogP contribution in [-0.4, -0.2) is 15.9 Å². The van der Waals surface area contributed by atoms with E-state index in [0.29, 0.717) is 11.3 Å². The largest absolute Gasteiger partial charge is 0.322 e. The van der Waals surface area contributed by atoms with Crippen LogP contribution in [-0.2, 0) is 0 Å². The zero-order valence-corrected chi connectivity index (χ0v) is 8.79. The molecule has 0 spiro atoms. The monoisotopic (exact) mass is 224 g/mol. The third-order valence-electron chi connectivity index (χ3n) is 2.08. The molecule has 2 heterocycles. The number of rotatable bonds is 2. The summed E-state index contributed by atoms with van der Waals surface area (Å²) in [6.07, 6.45) is 4.55. The first kappa shape index (κ1) is 10.8. The highest BCUT2D eigenvalue weighted by atomic mass is 16.1. The Morgan fingerprint density at radius 2 is 2.00 bits per heavy atom. The molecule has 0 aliphatic carbocycles. The van der Waals surface area contributed by atoms with Crippen LogP contribution >= 0.6 is 0 Å². The summed E-state index contributed by atoms with van der Waals surface area (Å²) in [5.41, 5.74) is 1.35. The first-order chi connectivity index (χ1) is 8.29. The molecule has 2 aromatic heterocycles. The number of aromatic nitrogens is 2. The first-order valence-electron chi connectivity index (χ1n) is 4.87. The van der Waals surface area contributed by atoms with Gasteiger partial charge in [0.25, 0.3) is 5.91 Å². The SMILES string of the molecule is N#Cc1ccc(C(=O)Nc2ccncc2)cn1. The Balaban J connectivity index is 2.13. The quantitative estimate of drug-likeness (QED) is 0.840. The molecule has 0 atom stereocenters. The Bertz CT molecular complexity index is 557. The summed E-state index contributed by atoms with van der Waals surface area (Å²) in [6.45, 7) is 0. The van der Waals surface area contributed by atoms with Gasteiger partial charge in [0, 0.05) is 24.3 Å². The van der Waals surface area contributed by atoms with Crippen LogP contribution < -0.4 is 5.32 Å². The van der Waals surface area contributed by atoms with Crippen molar-refractivity contribution < 1.29 is 4.79 Å². The topological polar surface area (TPSA) is 78.7 Å². The lowest BCUT2D eigenvalue weighted by atomic mass is 10.2. The highest BCUT2D eigenvalue weighted by Crippen LogP contribution is 2.07. The van der Waals surface area contributed by atoms with Crippen molar-refractivity contribution in [2.45, 2.75) is 0 Å². The fourth-order valence-corrected chi connectivity index (χ4v) is 1.23. The minimum Gasteiger partial charge on any atom is -0.322 e. The molecule has 82 valence electrons.